The first kappa shape index (κ1) is 12.1. The van der Waals surface area contributed by atoms with Crippen molar-refractivity contribution in [1.29, 1.82) is 0 Å². The van der Waals surface area contributed by atoms with Gasteiger partial charge in [0.25, 0.3) is 0 Å². The van der Waals surface area contributed by atoms with E-state index in [1.54, 1.807) is 6.20 Å². The summed E-state index contributed by atoms with van der Waals surface area (Å²) in [6.07, 6.45) is 5.75. The molecular weight excluding hydrogens is 242 g/mol. The highest BCUT2D eigenvalue weighted by atomic mass is 16.4. The molecule has 0 atom stereocenters. The molecule has 0 saturated heterocycles. The van der Waals surface area contributed by atoms with Crippen LogP contribution in [0.5, 0.6) is 0 Å². The fourth-order valence-electron chi connectivity index (χ4n) is 2.51. The Balaban J connectivity index is 2.27. The summed E-state index contributed by atoms with van der Waals surface area (Å²) in [5.74, 6) is -0.0937. The third kappa shape index (κ3) is 1.99. The Kier molecular flexibility index (Phi) is 2.77. The first-order valence-electron chi connectivity index (χ1n) is 6.73. The lowest BCUT2D eigenvalue weighted by Gasteiger charge is -2.05. The van der Waals surface area contributed by atoms with E-state index in [2.05, 4.69) is 16.9 Å². The van der Waals surface area contributed by atoms with E-state index in [1.807, 2.05) is 11.5 Å². The molecule has 1 saturated carbocycles. The summed E-state index contributed by atoms with van der Waals surface area (Å²) in [5, 5.41) is 10.0. The highest BCUT2D eigenvalue weighted by molar-refractivity contribution is 6.03. The second-order valence-corrected chi connectivity index (χ2v) is 5.16. The Bertz CT molecular complexity index is 656. The molecule has 19 heavy (non-hydrogen) atoms. The van der Waals surface area contributed by atoms with Crippen LogP contribution < -0.4 is 0 Å². The quantitative estimate of drug-likeness (QED) is 0.916. The van der Waals surface area contributed by atoms with Crippen molar-refractivity contribution in [3.8, 4) is 0 Å². The lowest BCUT2D eigenvalue weighted by molar-refractivity contribution is 0.0698. The minimum absolute atomic E-state index is 0.322. The molecule has 3 rings (SSSR count). The summed E-state index contributed by atoms with van der Waals surface area (Å²) < 4.78 is 2.02. The second-order valence-electron chi connectivity index (χ2n) is 5.16. The summed E-state index contributed by atoms with van der Waals surface area (Å²) in [6, 6.07) is 0.416. The molecule has 0 amide bonds. The van der Waals surface area contributed by atoms with Gasteiger partial charge in [0, 0.05) is 18.7 Å². The van der Waals surface area contributed by atoms with Crippen molar-refractivity contribution in [2.75, 3.05) is 0 Å². The monoisotopic (exact) mass is 259 g/mol. The van der Waals surface area contributed by atoms with Crippen LogP contribution in [0, 0.1) is 6.92 Å². The van der Waals surface area contributed by atoms with Crippen LogP contribution in [-0.4, -0.2) is 25.6 Å². The van der Waals surface area contributed by atoms with Crippen molar-refractivity contribution in [3.05, 3.63) is 23.3 Å². The van der Waals surface area contributed by atoms with Crippen molar-refractivity contribution in [1.82, 2.24) is 14.5 Å². The number of rotatable bonds is 4. The molecule has 1 aliphatic rings. The largest absolute Gasteiger partial charge is 0.478 e. The van der Waals surface area contributed by atoms with Gasteiger partial charge in [0.05, 0.1) is 16.6 Å². The van der Waals surface area contributed by atoms with Gasteiger partial charge in [-0.25, -0.2) is 14.8 Å². The summed E-state index contributed by atoms with van der Waals surface area (Å²) in [4.78, 5) is 20.4. The predicted octanol–water partition coefficient (Wildman–Crippen LogP) is 2.73. The van der Waals surface area contributed by atoms with Crippen molar-refractivity contribution in [2.24, 2.45) is 0 Å². The number of aryl methyl sites for hydroxylation is 2. The van der Waals surface area contributed by atoms with Gasteiger partial charge < -0.3 is 9.67 Å². The number of carboxylic acid groups (broad SMARTS) is 1. The summed E-state index contributed by atoms with van der Waals surface area (Å²) in [7, 11) is 0. The fourth-order valence-corrected chi connectivity index (χ4v) is 2.51. The van der Waals surface area contributed by atoms with E-state index in [4.69, 9.17) is 0 Å². The Morgan fingerprint density at radius 1 is 1.47 bits per heavy atom. The molecule has 100 valence electrons. The van der Waals surface area contributed by atoms with Gasteiger partial charge in [-0.15, -0.1) is 0 Å². The number of nitrogens with zero attached hydrogens (tertiary/aromatic N) is 3. The molecule has 1 fully saturated rings. The zero-order chi connectivity index (χ0) is 13.6. The molecule has 5 nitrogen and oxygen atoms in total. The molecule has 2 heterocycles. The van der Waals surface area contributed by atoms with E-state index >= 15 is 0 Å². The Labute approximate surface area is 111 Å². The van der Waals surface area contributed by atoms with Gasteiger partial charge >= 0.3 is 5.97 Å². The second kappa shape index (κ2) is 4.33. The van der Waals surface area contributed by atoms with Crippen LogP contribution in [0.25, 0.3) is 11.0 Å². The van der Waals surface area contributed by atoms with Crippen molar-refractivity contribution >= 4 is 17.0 Å². The van der Waals surface area contributed by atoms with Gasteiger partial charge in [-0.2, -0.15) is 0 Å². The van der Waals surface area contributed by atoms with E-state index < -0.39 is 5.97 Å². The lowest BCUT2D eigenvalue weighted by Crippen LogP contribution is -2.02. The number of carbonyl (C=O) groups is 1. The average Bonchev–Trinajstić information content (AvgIpc) is 3.10. The van der Waals surface area contributed by atoms with Crippen molar-refractivity contribution in [2.45, 2.75) is 45.6 Å². The maximum atomic E-state index is 11.4. The molecule has 0 aromatic carbocycles. The zero-order valence-electron chi connectivity index (χ0n) is 11.2. The molecule has 2 aromatic heterocycles. The molecule has 0 aliphatic heterocycles. The number of hydrogen-bond donors (Lipinski definition) is 1. The van der Waals surface area contributed by atoms with Crippen LogP contribution in [0.4, 0.5) is 0 Å². The van der Waals surface area contributed by atoms with Crippen LogP contribution in [0.1, 0.15) is 54.1 Å². The summed E-state index contributed by atoms with van der Waals surface area (Å²) in [6.45, 7) is 3.96. The van der Waals surface area contributed by atoms with Gasteiger partial charge in [0.15, 0.2) is 0 Å². The minimum atomic E-state index is -0.903. The van der Waals surface area contributed by atoms with Gasteiger partial charge in [-0.3, -0.25) is 0 Å². The maximum Gasteiger partial charge on any atom is 0.338 e. The van der Waals surface area contributed by atoms with E-state index in [0.717, 1.165) is 42.8 Å². The van der Waals surface area contributed by atoms with Gasteiger partial charge in [-0.05, 0) is 26.2 Å². The topological polar surface area (TPSA) is 68.0 Å². The van der Waals surface area contributed by atoms with Crippen molar-refractivity contribution in [3.63, 3.8) is 0 Å². The molecule has 0 unspecified atom stereocenters. The normalized spacial score (nSPS) is 15.1. The van der Waals surface area contributed by atoms with E-state index in [9.17, 15) is 9.90 Å². The summed E-state index contributed by atoms with van der Waals surface area (Å²) in [5.41, 5.74) is 1.88. The number of carboxylic acids is 1. The highest BCUT2D eigenvalue weighted by Gasteiger charge is 2.29. The van der Waals surface area contributed by atoms with Gasteiger partial charge in [0.2, 0.25) is 0 Å². The molecular formula is C14H17N3O2. The van der Waals surface area contributed by atoms with Crippen LogP contribution in [0.3, 0.4) is 0 Å². The minimum Gasteiger partial charge on any atom is -0.478 e. The smallest absolute Gasteiger partial charge is 0.338 e. The van der Waals surface area contributed by atoms with E-state index in [1.165, 1.54) is 0 Å². The highest BCUT2D eigenvalue weighted by Crippen LogP contribution is 2.38. The molecule has 2 aromatic rings. The van der Waals surface area contributed by atoms with Crippen LogP contribution in [-0.2, 0) is 6.42 Å². The third-order valence-corrected chi connectivity index (χ3v) is 3.54. The SMILES string of the molecule is CCCc1nc(C)c2c(C(=O)O)cn(C3CC3)c2n1. The predicted molar refractivity (Wildman–Crippen MR) is 71.5 cm³/mol. The number of hydrogen-bond acceptors (Lipinski definition) is 3. The Hall–Kier alpha value is -1.91. The lowest BCUT2D eigenvalue weighted by atomic mass is 10.2. The Morgan fingerprint density at radius 2 is 2.21 bits per heavy atom. The zero-order valence-corrected chi connectivity index (χ0v) is 11.2. The molecule has 1 N–H and O–H groups in total. The molecule has 5 heteroatoms. The molecule has 0 bridgehead atoms. The number of fused-ring (bicyclic) bond motifs is 1. The van der Waals surface area contributed by atoms with Gasteiger partial charge in [0.1, 0.15) is 11.5 Å². The van der Waals surface area contributed by atoms with Gasteiger partial charge in [-0.1, -0.05) is 6.92 Å². The van der Waals surface area contributed by atoms with Crippen LogP contribution in [0.15, 0.2) is 6.20 Å². The maximum absolute atomic E-state index is 11.4. The first-order valence-corrected chi connectivity index (χ1v) is 6.73. The number of aromatic carboxylic acids is 1. The first-order chi connectivity index (χ1) is 9.11. The summed E-state index contributed by atoms with van der Waals surface area (Å²) >= 11 is 0. The van der Waals surface area contributed by atoms with Crippen LogP contribution >= 0.6 is 0 Å². The standard InChI is InChI=1S/C14H17N3O2/c1-3-4-11-15-8(2)12-10(14(18)19)7-17(9-5-6-9)13(12)16-11/h7,9H,3-6H2,1-2H3,(H,18,19). The van der Waals surface area contributed by atoms with Crippen molar-refractivity contribution < 1.29 is 9.90 Å². The average molecular weight is 259 g/mol. The van der Waals surface area contributed by atoms with E-state index in [-0.39, 0.29) is 0 Å². The molecule has 0 radical (unpaired) electrons. The van der Waals surface area contributed by atoms with Crippen LogP contribution in [0.2, 0.25) is 0 Å². The molecule has 1 aliphatic carbocycles. The van der Waals surface area contributed by atoms with E-state index in [0.29, 0.717) is 17.0 Å². The Morgan fingerprint density at radius 3 is 2.79 bits per heavy atom. The number of aromatic nitrogens is 3. The molecule has 0 spiro atoms. The fraction of sp³-hybridized carbons (Fsp3) is 0.500. The third-order valence-electron chi connectivity index (χ3n) is 3.54.